The molecule has 2 amide bonds. The Morgan fingerprint density at radius 2 is 1.81 bits per heavy atom. The minimum Gasteiger partial charge on any atom is -0.493 e. The fourth-order valence-corrected chi connectivity index (χ4v) is 4.07. The van der Waals surface area contributed by atoms with E-state index in [1.807, 2.05) is 24.3 Å². The summed E-state index contributed by atoms with van der Waals surface area (Å²) in [4.78, 5) is 32.3. The molecule has 4 rings (SSSR count). The third kappa shape index (κ3) is 3.70. The average molecular weight is 417 g/mol. The summed E-state index contributed by atoms with van der Waals surface area (Å²) in [6, 6.07) is 15.7. The van der Waals surface area contributed by atoms with Crippen LogP contribution in [-0.4, -0.2) is 43.0 Å². The number of hydrogen-bond donors (Lipinski definition) is 1. The Hall–Kier alpha value is -3.87. The van der Waals surface area contributed by atoms with E-state index < -0.39 is 12.0 Å². The molecule has 1 N–H and O–H groups in total. The maximum atomic E-state index is 13.5. The lowest BCUT2D eigenvalue weighted by Crippen LogP contribution is -2.44. The summed E-state index contributed by atoms with van der Waals surface area (Å²) in [5.41, 5.74) is 2.57. The largest absolute Gasteiger partial charge is 0.493 e. The van der Waals surface area contributed by atoms with E-state index in [4.69, 9.17) is 9.47 Å². The number of nitrogens with one attached hydrogen (secondary N) is 1. The second kappa shape index (κ2) is 8.47. The lowest BCUT2D eigenvalue weighted by Gasteiger charge is -2.39. The first-order chi connectivity index (χ1) is 15.0. The Balaban J connectivity index is 1.83. The quantitative estimate of drug-likeness (QED) is 0.685. The SMILES string of the molecule is COc1ccc([C@@H]2[C@@H](C(=O)Nc3cccnc3)c3ccccc3C(=O)N2C)cc1OC. The van der Waals surface area contributed by atoms with Crippen LogP contribution in [0.4, 0.5) is 5.69 Å². The highest BCUT2D eigenvalue weighted by molar-refractivity contribution is 6.04. The second-order valence-electron chi connectivity index (χ2n) is 7.27. The highest BCUT2D eigenvalue weighted by atomic mass is 16.5. The minimum atomic E-state index is -0.628. The summed E-state index contributed by atoms with van der Waals surface area (Å²) in [6.07, 6.45) is 3.23. The lowest BCUT2D eigenvalue weighted by molar-refractivity contribution is -0.119. The standard InChI is InChI=1S/C24H23N3O4/c1-27-22(15-10-11-19(30-2)20(13-15)31-3)21(17-8-4-5-9-18(17)24(27)29)23(28)26-16-7-6-12-25-14-16/h4-14,21-22H,1-3H3,(H,26,28)/t21-,22+/m0/s1. The van der Waals surface area contributed by atoms with Crippen molar-refractivity contribution in [2.75, 3.05) is 26.6 Å². The van der Waals surface area contributed by atoms with Crippen molar-refractivity contribution in [2.24, 2.45) is 0 Å². The number of nitrogens with zero attached hydrogens (tertiary/aromatic N) is 2. The van der Waals surface area contributed by atoms with E-state index in [9.17, 15) is 9.59 Å². The normalized spacial score (nSPS) is 17.6. The zero-order valence-corrected chi connectivity index (χ0v) is 17.5. The van der Waals surface area contributed by atoms with Gasteiger partial charge >= 0.3 is 0 Å². The molecular formula is C24H23N3O4. The zero-order chi connectivity index (χ0) is 22.0. The van der Waals surface area contributed by atoms with E-state index >= 15 is 0 Å². The van der Waals surface area contributed by atoms with E-state index in [1.54, 1.807) is 68.9 Å². The Labute approximate surface area is 180 Å². The molecule has 1 aromatic heterocycles. The molecule has 0 unspecified atom stereocenters. The van der Waals surface area contributed by atoms with Crippen molar-refractivity contribution < 1.29 is 19.1 Å². The molecule has 2 heterocycles. The van der Waals surface area contributed by atoms with Crippen LogP contribution in [0.3, 0.4) is 0 Å². The summed E-state index contributed by atoms with van der Waals surface area (Å²) >= 11 is 0. The van der Waals surface area contributed by atoms with Crippen molar-refractivity contribution in [3.8, 4) is 11.5 Å². The number of rotatable bonds is 5. The first kappa shape index (κ1) is 20.4. The Morgan fingerprint density at radius 3 is 2.52 bits per heavy atom. The van der Waals surface area contributed by atoms with Crippen LogP contribution < -0.4 is 14.8 Å². The summed E-state index contributed by atoms with van der Waals surface area (Å²) in [6.45, 7) is 0. The van der Waals surface area contributed by atoms with Crippen molar-refractivity contribution in [3.63, 3.8) is 0 Å². The average Bonchev–Trinajstić information content (AvgIpc) is 2.81. The molecule has 3 aromatic rings. The van der Waals surface area contributed by atoms with Crippen molar-refractivity contribution in [3.05, 3.63) is 83.7 Å². The molecule has 0 saturated carbocycles. The van der Waals surface area contributed by atoms with Crippen LogP contribution in [-0.2, 0) is 4.79 Å². The van der Waals surface area contributed by atoms with Crippen LogP contribution in [0, 0.1) is 0 Å². The number of pyridine rings is 1. The molecule has 0 aliphatic carbocycles. The zero-order valence-electron chi connectivity index (χ0n) is 17.5. The van der Waals surface area contributed by atoms with Gasteiger partial charge in [-0.2, -0.15) is 0 Å². The van der Waals surface area contributed by atoms with Crippen molar-refractivity contribution in [2.45, 2.75) is 12.0 Å². The Bertz CT molecular complexity index is 1120. The molecule has 7 heteroatoms. The monoisotopic (exact) mass is 417 g/mol. The van der Waals surface area contributed by atoms with Gasteiger partial charge in [0.25, 0.3) is 5.91 Å². The van der Waals surface area contributed by atoms with Gasteiger partial charge in [-0.1, -0.05) is 24.3 Å². The Kier molecular flexibility index (Phi) is 5.58. The lowest BCUT2D eigenvalue weighted by atomic mass is 9.79. The van der Waals surface area contributed by atoms with Crippen molar-refractivity contribution in [1.82, 2.24) is 9.88 Å². The van der Waals surface area contributed by atoms with Gasteiger partial charge in [0.1, 0.15) is 0 Å². The van der Waals surface area contributed by atoms with Crippen LogP contribution in [0.25, 0.3) is 0 Å². The summed E-state index contributed by atoms with van der Waals surface area (Å²) in [5, 5.41) is 2.94. The van der Waals surface area contributed by atoms with Gasteiger partial charge in [0.2, 0.25) is 5.91 Å². The Morgan fingerprint density at radius 1 is 1.03 bits per heavy atom. The van der Waals surface area contributed by atoms with E-state index in [-0.39, 0.29) is 11.8 Å². The molecule has 1 aliphatic rings. The number of carbonyl (C=O) groups is 2. The third-order valence-electron chi connectivity index (χ3n) is 5.54. The predicted molar refractivity (Wildman–Crippen MR) is 116 cm³/mol. The van der Waals surface area contributed by atoms with Gasteiger partial charge < -0.3 is 19.7 Å². The topological polar surface area (TPSA) is 80.8 Å². The molecule has 2 aromatic carbocycles. The van der Waals surface area contributed by atoms with Crippen LogP contribution in [0.5, 0.6) is 11.5 Å². The molecule has 158 valence electrons. The number of methoxy groups -OCH3 is 2. The van der Waals surface area contributed by atoms with E-state index in [2.05, 4.69) is 10.3 Å². The van der Waals surface area contributed by atoms with E-state index in [0.717, 1.165) is 5.56 Å². The number of hydrogen-bond acceptors (Lipinski definition) is 5. The number of carbonyl (C=O) groups excluding carboxylic acids is 2. The first-order valence-corrected chi connectivity index (χ1v) is 9.84. The molecule has 0 bridgehead atoms. The molecule has 0 saturated heterocycles. The summed E-state index contributed by atoms with van der Waals surface area (Å²) in [5.74, 6) is 0.122. The van der Waals surface area contributed by atoms with Crippen LogP contribution in [0.15, 0.2) is 67.0 Å². The summed E-state index contributed by atoms with van der Waals surface area (Å²) in [7, 11) is 4.83. The molecule has 1 aliphatic heterocycles. The van der Waals surface area contributed by atoms with Gasteiger partial charge in [-0.25, -0.2) is 0 Å². The third-order valence-corrected chi connectivity index (χ3v) is 5.54. The summed E-state index contributed by atoms with van der Waals surface area (Å²) < 4.78 is 10.8. The second-order valence-corrected chi connectivity index (χ2v) is 7.27. The van der Waals surface area contributed by atoms with Crippen molar-refractivity contribution >= 4 is 17.5 Å². The van der Waals surface area contributed by atoms with Gasteiger partial charge in [-0.15, -0.1) is 0 Å². The molecule has 2 atom stereocenters. The predicted octanol–water partition coefficient (Wildman–Crippen LogP) is 3.65. The number of amides is 2. The molecule has 7 nitrogen and oxygen atoms in total. The van der Waals surface area contributed by atoms with Crippen LogP contribution >= 0.6 is 0 Å². The number of benzene rings is 2. The van der Waals surface area contributed by atoms with Gasteiger partial charge in [-0.05, 0) is 41.5 Å². The molecular weight excluding hydrogens is 394 g/mol. The minimum absolute atomic E-state index is 0.138. The van der Waals surface area contributed by atoms with Gasteiger partial charge in [-0.3, -0.25) is 14.6 Å². The number of ether oxygens (including phenoxy) is 2. The number of likely N-dealkylation sites (N-methyl/N-ethyl adjacent to an activating group) is 1. The number of fused-ring (bicyclic) bond motifs is 1. The maximum absolute atomic E-state index is 13.5. The van der Waals surface area contributed by atoms with Gasteiger partial charge in [0.05, 0.1) is 38.1 Å². The van der Waals surface area contributed by atoms with Crippen LogP contribution in [0.1, 0.15) is 33.4 Å². The van der Waals surface area contributed by atoms with Gasteiger partial charge in [0.15, 0.2) is 11.5 Å². The molecule has 0 spiro atoms. The van der Waals surface area contributed by atoms with Crippen molar-refractivity contribution in [1.29, 1.82) is 0 Å². The van der Waals surface area contributed by atoms with Gasteiger partial charge in [0, 0.05) is 18.8 Å². The molecule has 0 fully saturated rings. The smallest absolute Gasteiger partial charge is 0.254 e. The highest BCUT2D eigenvalue weighted by Crippen LogP contribution is 2.44. The number of aromatic nitrogens is 1. The first-order valence-electron chi connectivity index (χ1n) is 9.84. The fourth-order valence-electron chi connectivity index (χ4n) is 4.07. The van der Waals surface area contributed by atoms with Crippen LogP contribution in [0.2, 0.25) is 0 Å². The number of anilines is 1. The molecule has 0 radical (unpaired) electrons. The fraction of sp³-hybridized carbons (Fsp3) is 0.208. The maximum Gasteiger partial charge on any atom is 0.254 e. The molecule has 31 heavy (non-hydrogen) atoms. The van der Waals surface area contributed by atoms with E-state index in [0.29, 0.717) is 28.3 Å². The van der Waals surface area contributed by atoms with E-state index in [1.165, 1.54) is 0 Å². The highest BCUT2D eigenvalue weighted by Gasteiger charge is 2.42.